The third kappa shape index (κ3) is 3.33. The lowest BCUT2D eigenvalue weighted by atomic mass is 10.0. The number of anilines is 1. The number of carbonyl (C=O) groups excluding carboxylic acids is 2. The quantitative estimate of drug-likeness (QED) is 0.937. The number of rotatable bonds is 4. The van der Waals surface area contributed by atoms with Gasteiger partial charge in [-0.05, 0) is 38.8 Å². The molecule has 2 rings (SSSR count). The summed E-state index contributed by atoms with van der Waals surface area (Å²) in [5, 5.41) is 15.5. The predicted molar refractivity (Wildman–Crippen MR) is 84.1 cm³/mol. The van der Waals surface area contributed by atoms with E-state index in [1.807, 2.05) is 32.9 Å². The van der Waals surface area contributed by atoms with E-state index in [0.717, 1.165) is 33.7 Å². The summed E-state index contributed by atoms with van der Waals surface area (Å²) in [6.45, 7) is 7.59. The molecule has 1 amide bonds. The van der Waals surface area contributed by atoms with Crippen molar-refractivity contribution in [1.29, 1.82) is 0 Å². The molecule has 0 unspecified atom stereocenters. The van der Waals surface area contributed by atoms with Crippen molar-refractivity contribution < 1.29 is 14.7 Å². The monoisotopic (exact) mass is 317 g/mol. The maximum Gasteiger partial charge on any atom is 0.234 e. The number of benzene rings is 1. The molecule has 1 atom stereocenters. The van der Waals surface area contributed by atoms with Crippen LogP contribution < -0.4 is 10.4 Å². The molecule has 6 heteroatoms. The predicted octanol–water partition coefficient (Wildman–Crippen LogP) is 2.17. The van der Waals surface area contributed by atoms with Gasteiger partial charge in [0, 0.05) is 11.1 Å². The summed E-state index contributed by atoms with van der Waals surface area (Å²) in [7, 11) is 0. The largest absolute Gasteiger partial charge is 0.543 e. The van der Waals surface area contributed by atoms with E-state index in [1.54, 1.807) is 6.92 Å². The van der Waals surface area contributed by atoms with Crippen molar-refractivity contribution in [3.63, 3.8) is 0 Å². The molecular formula is C16H17N2O3S-. The first-order valence-electron chi connectivity index (χ1n) is 6.85. The van der Waals surface area contributed by atoms with Crippen molar-refractivity contribution in [3.05, 3.63) is 44.9 Å². The van der Waals surface area contributed by atoms with Gasteiger partial charge in [0.15, 0.2) is 0 Å². The van der Waals surface area contributed by atoms with Crippen LogP contribution in [0.4, 0.5) is 5.69 Å². The number of nitrogens with zero attached hydrogens (tertiary/aromatic N) is 1. The number of hydrogen-bond acceptors (Lipinski definition) is 5. The highest BCUT2D eigenvalue weighted by atomic mass is 32.1. The van der Waals surface area contributed by atoms with Crippen LogP contribution in [-0.4, -0.2) is 16.9 Å². The Bertz CT molecular complexity index is 714. The number of carboxylic acids is 1. The second-order valence-electron chi connectivity index (χ2n) is 5.34. The van der Waals surface area contributed by atoms with Crippen LogP contribution in [0.3, 0.4) is 0 Å². The zero-order valence-corrected chi connectivity index (χ0v) is 13.7. The molecule has 2 aromatic rings. The number of carboxylic acid groups (broad SMARTS) is 1. The molecule has 1 N–H and O–H groups in total. The first-order chi connectivity index (χ1) is 10.3. The molecule has 1 aromatic carbocycles. The van der Waals surface area contributed by atoms with Crippen LogP contribution in [0.1, 0.15) is 45.0 Å². The van der Waals surface area contributed by atoms with Crippen LogP contribution in [0.2, 0.25) is 0 Å². The van der Waals surface area contributed by atoms with Gasteiger partial charge >= 0.3 is 0 Å². The SMILES string of the molecule is Cc1cc(C)c(NC(=O)[C@H](C)c2nc(C(=O)[O-])cs2)c(C)c1. The van der Waals surface area contributed by atoms with Gasteiger partial charge in [0.25, 0.3) is 0 Å². The molecule has 0 aliphatic rings. The van der Waals surface area contributed by atoms with Crippen molar-refractivity contribution in [1.82, 2.24) is 4.98 Å². The van der Waals surface area contributed by atoms with Crippen LogP contribution in [0.25, 0.3) is 0 Å². The number of aromatic nitrogens is 1. The minimum Gasteiger partial charge on any atom is -0.543 e. The molecular weight excluding hydrogens is 300 g/mol. The van der Waals surface area contributed by atoms with Gasteiger partial charge in [-0.2, -0.15) is 0 Å². The molecule has 5 nitrogen and oxygen atoms in total. The highest BCUT2D eigenvalue weighted by Crippen LogP contribution is 2.25. The minimum absolute atomic E-state index is 0.137. The maximum absolute atomic E-state index is 12.4. The molecule has 0 saturated heterocycles. The van der Waals surface area contributed by atoms with Crippen LogP contribution in [-0.2, 0) is 4.79 Å². The van der Waals surface area contributed by atoms with E-state index in [0.29, 0.717) is 5.01 Å². The fourth-order valence-corrected chi connectivity index (χ4v) is 3.14. The Hall–Kier alpha value is -2.21. The van der Waals surface area contributed by atoms with Gasteiger partial charge in [-0.25, -0.2) is 4.98 Å². The van der Waals surface area contributed by atoms with Gasteiger partial charge in [-0.15, -0.1) is 11.3 Å². The second-order valence-corrected chi connectivity index (χ2v) is 6.23. The van der Waals surface area contributed by atoms with Gasteiger partial charge in [0.05, 0.1) is 17.6 Å². The average Bonchev–Trinajstić information content (AvgIpc) is 2.91. The summed E-state index contributed by atoms with van der Waals surface area (Å²) < 4.78 is 0. The first-order valence-corrected chi connectivity index (χ1v) is 7.73. The number of nitrogens with one attached hydrogen (secondary N) is 1. The van der Waals surface area contributed by atoms with Crippen molar-refractivity contribution in [2.45, 2.75) is 33.6 Å². The van der Waals surface area contributed by atoms with E-state index < -0.39 is 11.9 Å². The smallest absolute Gasteiger partial charge is 0.234 e. The molecule has 0 aliphatic carbocycles. The standard InChI is InChI=1S/C16H18N2O3S/c1-8-5-9(2)13(10(3)6-8)18-14(19)11(4)15-17-12(7-22-15)16(20)21/h5-7,11H,1-4H3,(H,18,19)(H,20,21)/p-1/t11-/m0/s1. The van der Waals surface area contributed by atoms with Crippen LogP contribution in [0.15, 0.2) is 17.5 Å². The minimum atomic E-state index is -1.33. The fraction of sp³-hybridized carbons (Fsp3) is 0.312. The van der Waals surface area contributed by atoms with E-state index in [-0.39, 0.29) is 11.6 Å². The molecule has 116 valence electrons. The highest BCUT2D eigenvalue weighted by molar-refractivity contribution is 7.10. The average molecular weight is 317 g/mol. The normalized spacial score (nSPS) is 12.0. The van der Waals surface area contributed by atoms with Gasteiger partial charge in [-0.3, -0.25) is 4.79 Å². The van der Waals surface area contributed by atoms with Crippen LogP contribution in [0.5, 0.6) is 0 Å². The number of carbonyl (C=O) groups is 2. The van der Waals surface area contributed by atoms with E-state index >= 15 is 0 Å². The number of aryl methyl sites for hydroxylation is 3. The van der Waals surface area contributed by atoms with Gasteiger partial charge in [0.2, 0.25) is 5.91 Å². The van der Waals surface area contributed by atoms with Gasteiger partial charge in [0.1, 0.15) is 5.01 Å². The lowest BCUT2D eigenvalue weighted by Crippen LogP contribution is -2.23. The molecule has 22 heavy (non-hydrogen) atoms. The molecule has 0 fully saturated rings. The summed E-state index contributed by atoms with van der Waals surface area (Å²) in [4.78, 5) is 27.1. The molecule has 0 saturated carbocycles. The Morgan fingerprint density at radius 3 is 2.32 bits per heavy atom. The third-order valence-electron chi connectivity index (χ3n) is 3.42. The molecule has 0 aliphatic heterocycles. The van der Waals surface area contributed by atoms with Crippen LogP contribution in [0, 0.1) is 20.8 Å². The molecule has 0 bridgehead atoms. The molecule has 1 aromatic heterocycles. The summed E-state index contributed by atoms with van der Waals surface area (Å²) in [5.41, 5.74) is 3.78. The number of amides is 1. The first kappa shape index (κ1) is 16.2. The van der Waals surface area contributed by atoms with E-state index in [4.69, 9.17) is 0 Å². The molecule has 0 radical (unpaired) electrons. The Balaban J connectivity index is 2.19. The maximum atomic E-state index is 12.4. The Labute approximate surface area is 133 Å². The van der Waals surface area contributed by atoms with Crippen LogP contribution >= 0.6 is 11.3 Å². The topological polar surface area (TPSA) is 82.1 Å². The third-order valence-corrected chi connectivity index (χ3v) is 4.45. The number of hydrogen-bond donors (Lipinski definition) is 1. The zero-order valence-electron chi connectivity index (χ0n) is 12.9. The van der Waals surface area contributed by atoms with E-state index in [2.05, 4.69) is 10.3 Å². The van der Waals surface area contributed by atoms with Crippen molar-refractivity contribution >= 4 is 28.9 Å². The van der Waals surface area contributed by atoms with Gasteiger partial charge in [-0.1, -0.05) is 17.7 Å². The Morgan fingerprint density at radius 2 is 1.82 bits per heavy atom. The molecule has 0 spiro atoms. The summed E-state index contributed by atoms with van der Waals surface area (Å²) >= 11 is 1.14. The van der Waals surface area contributed by atoms with Crippen molar-refractivity contribution in [3.8, 4) is 0 Å². The lowest BCUT2D eigenvalue weighted by molar-refractivity contribution is -0.255. The second kappa shape index (κ2) is 6.27. The van der Waals surface area contributed by atoms with Crippen molar-refractivity contribution in [2.24, 2.45) is 0 Å². The summed E-state index contributed by atoms with van der Waals surface area (Å²) in [5.74, 6) is -2.08. The Morgan fingerprint density at radius 1 is 1.23 bits per heavy atom. The Kier molecular flexibility index (Phi) is 4.61. The summed E-state index contributed by atoms with van der Waals surface area (Å²) in [6.07, 6.45) is 0. The zero-order chi connectivity index (χ0) is 16.4. The molecule has 1 heterocycles. The summed E-state index contributed by atoms with van der Waals surface area (Å²) in [6, 6.07) is 4.01. The fourth-order valence-electron chi connectivity index (χ4n) is 2.30. The van der Waals surface area contributed by atoms with E-state index in [9.17, 15) is 14.7 Å². The van der Waals surface area contributed by atoms with Crippen molar-refractivity contribution in [2.75, 3.05) is 5.32 Å². The lowest BCUT2D eigenvalue weighted by Gasteiger charge is -2.15. The highest BCUT2D eigenvalue weighted by Gasteiger charge is 2.20. The number of aromatic carboxylic acids is 1. The van der Waals surface area contributed by atoms with E-state index in [1.165, 1.54) is 5.38 Å². The number of thiazole rings is 1. The van der Waals surface area contributed by atoms with Gasteiger partial charge < -0.3 is 15.2 Å².